The summed E-state index contributed by atoms with van der Waals surface area (Å²) in [6.45, 7) is 4.68. The van der Waals surface area contributed by atoms with Gasteiger partial charge in [0.25, 0.3) is 0 Å². The number of hydrogen-bond acceptors (Lipinski definition) is 5. The summed E-state index contributed by atoms with van der Waals surface area (Å²) in [5.41, 5.74) is 5.60. The van der Waals surface area contributed by atoms with Gasteiger partial charge in [0, 0.05) is 30.4 Å². The first-order valence-electron chi connectivity index (χ1n) is 10.5. The minimum absolute atomic E-state index is 0.00361. The van der Waals surface area contributed by atoms with Gasteiger partial charge in [-0.2, -0.15) is 0 Å². The van der Waals surface area contributed by atoms with Crippen molar-refractivity contribution < 1.29 is 29.4 Å². The van der Waals surface area contributed by atoms with Crippen LogP contribution in [0.5, 0.6) is 0 Å². The average Bonchev–Trinajstić information content (AvgIpc) is 3.12. The number of nitrogens with one attached hydrogen (secondary N) is 2. The van der Waals surface area contributed by atoms with E-state index in [9.17, 15) is 29.4 Å². The van der Waals surface area contributed by atoms with Crippen LogP contribution in [0.2, 0.25) is 0 Å². The van der Waals surface area contributed by atoms with Crippen LogP contribution in [-0.2, 0) is 14.4 Å². The zero-order valence-corrected chi connectivity index (χ0v) is 18.9. The number of carboxylic acid groups (broad SMARTS) is 1. The number of carbonyl (C=O) groups excluding carboxylic acids is 3. The molecule has 2 unspecified atom stereocenters. The van der Waals surface area contributed by atoms with E-state index in [0.29, 0.717) is 5.56 Å². The number of amides is 4. The van der Waals surface area contributed by atoms with E-state index >= 15 is 0 Å². The van der Waals surface area contributed by atoms with Crippen LogP contribution in [0.1, 0.15) is 50.8 Å². The standard InChI is InChI=1S/C23H30N4O6/c1-5-14-6-8-15(9-7-14)13(2)25-20(30)17-10-16(28)12-27(17)21(31)19(26-22(32)33)23(3,4)11-18(24)29/h1,6-9,13,16-17,19,26,28H,10-12H2,2-4H3,(H2,24,29)(H,25,30)(H,32,33)/t13?,16-,17+,19?/m1/s1. The van der Waals surface area contributed by atoms with Crippen molar-refractivity contribution in [2.75, 3.05) is 6.54 Å². The molecule has 1 saturated heterocycles. The SMILES string of the molecule is C#Cc1ccc(C(C)NC(=O)[C@@H]2C[C@@H](O)CN2C(=O)C(NC(=O)O)C(C)(C)CC(N)=O)cc1. The molecular weight excluding hydrogens is 428 g/mol. The lowest BCUT2D eigenvalue weighted by Gasteiger charge is -2.36. The number of primary amides is 1. The number of nitrogens with two attached hydrogens (primary N) is 1. The number of likely N-dealkylation sites (tertiary alicyclic amines) is 1. The van der Waals surface area contributed by atoms with E-state index in [1.54, 1.807) is 31.2 Å². The van der Waals surface area contributed by atoms with Crippen LogP contribution >= 0.6 is 0 Å². The van der Waals surface area contributed by atoms with E-state index in [2.05, 4.69) is 16.6 Å². The maximum atomic E-state index is 13.3. The molecule has 6 N–H and O–H groups in total. The molecule has 0 spiro atoms. The second-order valence-electron chi connectivity index (χ2n) is 8.91. The molecule has 1 aromatic carbocycles. The second-order valence-corrected chi connectivity index (χ2v) is 8.91. The van der Waals surface area contributed by atoms with E-state index < -0.39 is 53.5 Å². The van der Waals surface area contributed by atoms with Gasteiger partial charge in [0.05, 0.1) is 12.1 Å². The number of aliphatic hydroxyl groups excluding tert-OH is 1. The van der Waals surface area contributed by atoms with E-state index in [1.165, 1.54) is 13.8 Å². The first-order valence-corrected chi connectivity index (χ1v) is 10.5. The van der Waals surface area contributed by atoms with Crippen molar-refractivity contribution in [1.82, 2.24) is 15.5 Å². The Labute approximate surface area is 192 Å². The summed E-state index contributed by atoms with van der Waals surface area (Å²) < 4.78 is 0. The van der Waals surface area contributed by atoms with Crippen molar-refractivity contribution >= 4 is 23.8 Å². The van der Waals surface area contributed by atoms with E-state index in [1.807, 2.05) is 0 Å². The summed E-state index contributed by atoms with van der Waals surface area (Å²) in [7, 11) is 0. The Morgan fingerprint density at radius 3 is 2.36 bits per heavy atom. The fourth-order valence-electron chi connectivity index (χ4n) is 4.00. The molecule has 33 heavy (non-hydrogen) atoms. The van der Waals surface area contributed by atoms with Crippen LogP contribution in [0.4, 0.5) is 4.79 Å². The van der Waals surface area contributed by atoms with E-state index in [-0.39, 0.29) is 19.4 Å². The van der Waals surface area contributed by atoms with Crippen LogP contribution in [-0.4, -0.2) is 63.7 Å². The highest BCUT2D eigenvalue weighted by atomic mass is 16.4. The van der Waals surface area contributed by atoms with Gasteiger partial charge in [-0.15, -0.1) is 6.42 Å². The minimum atomic E-state index is -1.46. The molecule has 178 valence electrons. The number of nitrogens with zero attached hydrogens (tertiary/aromatic N) is 1. The molecule has 2 rings (SSSR count). The van der Waals surface area contributed by atoms with Crippen LogP contribution < -0.4 is 16.4 Å². The third kappa shape index (κ3) is 6.46. The molecule has 0 radical (unpaired) electrons. The van der Waals surface area contributed by atoms with Gasteiger partial charge in [0.2, 0.25) is 17.7 Å². The third-order valence-electron chi connectivity index (χ3n) is 5.73. The molecule has 10 heteroatoms. The maximum Gasteiger partial charge on any atom is 0.405 e. The van der Waals surface area contributed by atoms with Crippen LogP contribution in [0.15, 0.2) is 24.3 Å². The first-order chi connectivity index (χ1) is 15.4. The maximum absolute atomic E-state index is 13.3. The largest absolute Gasteiger partial charge is 0.465 e. The third-order valence-corrected chi connectivity index (χ3v) is 5.73. The highest BCUT2D eigenvalue weighted by Crippen LogP contribution is 2.29. The Morgan fingerprint density at radius 2 is 1.85 bits per heavy atom. The topological polar surface area (TPSA) is 162 Å². The summed E-state index contributed by atoms with van der Waals surface area (Å²) >= 11 is 0. The van der Waals surface area contributed by atoms with E-state index in [0.717, 1.165) is 10.5 Å². The molecule has 0 saturated carbocycles. The fraction of sp³-hybridized carbons (Fsp3) is 0.478. The van der Waals surface area contributed by atoms with Crippen molar-refractivity contribution in [2.24, 2.45) is 11.1 Å². The number of carbonyl (C=O) groups is 4. The summed E-state index contributed by atoms with van der Waals surface area (Å²) in [5.74, 6) is 0.603. The minimum Gasteiger partial charge on any atom is -0.465 e. The lowest BCUT2D eigenvalue weighted by atomic mass is 9.80. The van der Waals surface area contributed by atoms with Gasteiger partial charge >= 0.3 is 6.09 Å². The molecular formula is C23H30N4O6. The summed E-state index contributed by atoms with van der Waals surface area (Å²) in [5, 5.41) is 24.4. The van der Waals surface area contributed by atoms with Crippen molar-refractivity contribution in [3.63, 3.8) is 0 Å². The number of terminal acetylenes is 1. The highest BCUT2D eigenvalue weighted by molar-refractivity contribution is 5.93. The van der Waals surface area contributed by atoms with Crippen molar-refractivity contribution in [3.05, 3.63) is 35.4 Å². The van der Waals surface area contributed by atoms with Gasteiger partial charge in [-0.05, 0) is 24.6 Å². The monoisotopic (exact) mass is 458 g/mol. The number of rotatable bonds is 8. The normalized spacial score (nSPS) is 19.8. The predicted octanol–water partition coefficient (Wildman–Crippen LogP) is 0.345. The molecule has 4 amide bonds. The van der Waals surface area contributed by atoms with Crippen molar-refractivity contribution in [3.8, 4) is 12.3 Å². The summed E-state index contributed by atoms with van der Waals surface area (Å²) in [6, 6.07) is 4.29. The number of hydrogen-bond donors (Lipinski definition) is 5. The lowest BCUT2D eigenvalue weighted by Crippen LogP contribution is -2.58. The molecule has 0 aromatic heterocycles. The van der Waals surface area contributed by atoms with Gasteiger partial charge in [0.15, 0.2) is 0 Å². The Kier molecular flexibility index (Phi) is 8.06. The van der Waals surface area contributed by atoms with Crippen LogP contribution in [0.25, 0.3) is 0 Å². The predicted molar refractivity (Wildman–Crippen MR) is 120 cm³/mol. The first kappa shape index (κ1) is 25.7. The van der Waals surface area contributed by atoms with Crippen molar-refractivity contribution in [1.29, 1.82) is 0 Å². The molecule has 1 aliphatic heterocycles. The Morgan fingerprint density at radius 1 is 1.24 bits per heavy atom. The molecule has 1 aromatic rings. The van der Waals surface area contributed by atoms with Gasteiger partial charge in [-0.3, -0.25) is 14.4 Å². The van der Waals surface area contributed by atoms with Crippen LogP contribution in [0, 0.1) is 17.8 Å². The van der Waals surface area contributed by atoms with Gasteiger partial charge in [0.1, 0.15) is 12.1 Å². The Hall–Kier alpha value is -3.58. The molecule has 0 bridgehead atoms. The molecule has 1 aliphatic rings. The summed E-state index contributed by atoms with van der Waals surface area (Å²) in [4.78, 5) is 50.3. The van der Waals surface area contributed by atoms with Gasteiger partial charge in [-0.25, -0.2) is 4.79 Å². The number of aliphatic hydroxyl groups is 1. The Bertz CT molecular complexity index is 953. The zero-order chi connectivity index (χ0) is 24.9. The molecule has 1 fully saturated rings. The molecule has 4 atom stereocenters. The average molecular weight is 459 g/mol. The highest BCUT2D eigenvalue weighted by Gasteiger charge is 2.46. The Balaban J connectivity index is 2.23. The molecule has 10 nitrogen and oxygen atoms in total. The fourth-order valence-corrected chi connectivity index (χ4v) is 4.00. The van der Waals surface area contributed by atoms with Crippen LogP contribution in [0.3, 0.4) is 0 Å². The molecule has 0 aliphatic carbocycles. The number of benzene rings is 1. The van der Waals surface area contributed by atoms with Crippen molar-refractivity contribution in [2.45, 2.75) is 57.8 Å². The van der Waals surface area contributed by atoms with Gasteiger partial charge < -0.3 is 31.5 Å². The number of β-amino-alcohol motifs (C(OH)–C–C–N with tert-alkyl or cyclic N) is 1. The molecule has 1 heterocycles. The quantitative estimate of drug-likeness (QED) is 0.353. The van der Waals surface area contributed by atoms with E-state index in [4.69, 9.17) is 12.2 Å². The summed E-state index contributed by atoms with van der Waals surface area (Å²) in [6.07, 6.45) is 2.67. The second kappa shape index (κ2) is 10.4. The smallest absolute Gasteiger partial charge is 0.405 e. The van der Waals surface area contributed by atoms with Gasteiger partial charge in [-0.1, -0.05) is 31.9 Å². The zero-order valence-electron chi connectivity index (χ0n) is 18.9. The lowest BCUT2D eigenvalue weighted by molar-refractivity contribution is -0.143.